The van der Waals surface area contributed by atoms with Crippen molar-refractivity contribution in [1.82, 2.24) is 4.90 Å². The van der Waals surface area contributed by atoms with E-state index < -0.39 is 23.5 Å². The Morgan fingerprint density at radius 2 is 2.09 bits per heavy atom. The number of Topliss-reactive ketones (excluding diaryl/α,β-unsaturated/α-hetero) is 1. The fourth-order valence-electron chi connectivity index (χ4n) is 4.48. The lowest BCUT2D eigenvalue weighted by Gasteiger charge is -2.29. The maximum atomic E-state index is 13.3. The van der Waals surface area contributed by atoms with Crippen LogP contribution < -0.4 is 9.47 Å². The molecule has 2 atom stereocenters. The van der Waals surface area contributed by atoms with Crippen molar-refractivity contribution >= 4 is 11.7 Å². The van der Waals surface area contributed by atoms with Gasteiger partial charge in [0.2, 0.25) is 5.78 Å². The van der Waals surface area contributed by atoms with Gasteiger partial charge in [0, 0.05) is 13.2 Å². The zero-order chi connectivity index (χ0) is 24.1. The predicted molar refractivity (Wildman–Crippen MR) is 124 cm³/mol. The van der Waals surface area contributed by atoms with Crippen LogP contribution in [0.15, 0.2) is 52.3 Å². The van der Waals surface area contributed by atoms with Crippen molar-refractivity contribution in [2.24, 2.45) is 0 Å². The fraction of sp³-hybridized carbons (Fsp3) is 0.462. The summed E-state index contributed by atoms with van der Waals surface area (Å²) in [6.07, 6.45) is 6.06. The normalized spacial score (nSPS) is 20.3. The number of aliphatic hydroxyl groups is 1. The van der Waals surface area contributed by atoms with Gasteiger partial charge in [0.05, 0.1) is 37.7 Å². The van der Waals surface area contributed by atoms with Crippen LogP contribution in [-0.4, -0.2) is 54.7 Å². The van der Waals surface area contributed by atoms with E-state index in [2.05, 4.69) is 6.92 Å². The van der Waals surface area contributed by atoms with Crippen LogP contribution in [0.5, 0.6) is 11.5 Å². The molecule has 3 heterocycles. The Bertz CT molecular complexity index is 1040. The van der Waals surface area contributed by atoms with Gasteiger partial charge in [-0.1, -0.05) is 25.8 Å². The maximum absolute atomic E-state index is 13.3. The predicted octanol–water partition coefficient (Wildman–Crippen LogP) is 4.61. The van der Waals surface area contributed by atoms with E-state index in [0.29, 0.717) is 30.3 Å². The number of benzene rings is 1. The number of carbonyl (C=O) groups is 2. The fourth-order valence-corrected chi connectivity index (χ4v) is 4.48. The Hall–Kier alpha value is -3.26. The van der Waals surface area contributed by atoms with E-state index in [1.54, 1.807) is 31.4 Å². The SMILES string of the molecule is CCCCCOc1ccc(C2C(C(=O)c3ccco3)=C(O)C(=O)N2CC2CCCO2)cc1OC. The largest absolute Gasteiger partial charge is 0.503 e. The molecule has 1 fully saturated rings. The van der Waals surface area contributed by atoms with Crippen LogP contribution >= 0.6 is 0 Å². The monoisotopic (exact) mass is 469 g/mol. The molecule has 0 saturated carbocycles. The highest BCUT2D eigenvalue weighted by Crippen LogP contribution is 2.42. The molecule has 0 aliphatic carbocycles. The Morgan fingerprint density at radius 3 is 2.76 bits per heavy atom. The van der Waals surface area contributed by atoms with E-state index in [1.807, 2.05) is 0 Å². The molecule has 1 aromatic carbocycles. The molecule has 1 aromatic heterocycles. The van der Waals surface area contributed by atoms with E-state index in [-0.39, 0.29) is 24.0 Å². The molecule has 2 aliphatic heterocycles. The molecule has 8 heteroatoms. The van der Waals surface area contributed by atoms with Gasteiger partial charge in [-0.3, -0.25) is 9.59 Å². The summed E-state index contributed by atoms with van der Waals surface area (Å²) < 4.78 is 22.5. The average Bonchev–Trinajstić information content (AvgIpc) is 3.61. The van der Waals surface area contributed by atoms with Crippen molar-refractivity contribution < 1.29 is 33.3 Å². The molecule has 1 saturated heterocycles. The molecule has 0 spiro atoms. The van der Waals surface area contributed by atoms with Crippen molar-refractivity contribution in [2.45, 2.75) is 51.2 Å². The molecule has 34 heavy (non-hydrogen) atoms. The van der Waals surface area contributed by atoms with Crippen LogP contribution in [0.25, 0.3) is 0 Å². The molecule has 2 aromatic rings. The lowest BCUT2D eigenvalue weighted by atomic mass is 9.94. The van der Waals surface area contributed by atoms with E-state index in [9.17, 15) is 14.7 Å². The van der Waals surface area contributed by atoms with E-state index in [0.717, 1.165) is 32.1 Å². The third-order valence-corrected chi connectivity index (χ3v) is 6.23. The van der Waals surface area contributed by atoms with Crippen LogP contribution in [0.4, 0.5) is 0 Å². The molecule has 2 aliphatic rings. The molecule has 0 bridgehead atoms. The third-order valence-electron chi connectivity index (χ3n) is 6.23. The first-order valence-electron chi connectivity index (χ1n) is 11.8. The molecular formula is C26H31NO7. The number of ketones is 1. The highest BCUT2D eigenvalue weighted by molar-refractivity contribution is 6.15. The highest BCUT2D eigenvalue weighted by Gasteiger charge is 2.45. The number of carbonyl (C=O) groups excluding carboxylic acids is 2. The molecule has 182 valence electrons. The summed E-state index contributed by atoms with van der Waals surface area (Å²) in [5.41, 5.74) is 0.611. The van der Waals surface area contributed by atoms with Crippen molar-refractivity contribution in [1.29, 1.82) is 0 Å². The average molecular weight is 470 g/mol. The van der Waals surface area contributed by atoms with Gasteiger partial charge >= 0.3 is 0 Å². The lowest BCUT2D eigenvalue weighted by Crippen LogP contribution is -2.37. The smallest absolute Gasteiger partial charge is 0.290 e. The Kier molecular flexibility index (Phi) is 7.57. The number of hydrogen-bond donors (Lipinski definition) is 1. The quantitative estimate of drug-likeness (QED) is 0.379. The van der Waals surface area contributed by atoms with Gasteiger partial charge in [0.25, 0.3) is 5.91 Å². The number of amides is 1. The first kappa shape index (κ1) is 23.9. The Balaban J connectivity index is 1.69. The second-order valence-electron chi connectivity index (χ2n) is 8.53. The number of hydrogen-bond acceptors (Lipinski definition) is 7. The highest BCUT2D eigenvalue weighted by atomic mass is 16.5. The zero-order valence-corrected chi connectivity index (χ0v) is 19.6. The van der Waals surface area contributed by atoms with Crippen LogP contribution in [-0.2, 0) is 9.53 Å². The molecule has 1 amide bonds. The van der Waals surface area contributed by atoms with Gasteiger partial charge in [0.15, 0.2) is 23.0 Å². The van der Waals surface area contributed by atoms with Crippen molar-refractivity contribution in [2.75, 3.05) is 26.9 Å². The van der Waals surface area contributed by atoms with Crippen LogP contribution in [0.3, 0.4) is 0 Å². The Labute approximate surface area is 199 Å². The number of rotatable bonds is 11. The molecule has 0 radical (unpaired) electrons. The zero-order valence-electron chi connectivity index (χ0n) is 19.6. The molecular weight excluding hydrogens is 438 g/mol. The summed E-state index contributed by atoms with van der Waals surface area (Å²) in [6, 6.07) is 7.63. The number of furan rings is 1. The summed E-state index contributed by atoms with van der Waals surface area (Å²) in [6.45, 7) is 3.59. The summed E-state index contributed by atoms with van der Waals surface area (Å²) >= 11 is 0. The molecule has 4 rings (SSSR count). The van der Waals surface area contributed by atoms with Gasteiger partial charge < -0.3 is 28.6 Å². The van der Waals surface area contributed by atoms with Gasteiger partial charge in [0.1, 0.15) is 0 Å². The van der Waals surface area contributed by atoms with Gasteiger partial charge in [-0.25, -0.2) is 0 Å². The van der Waals surface area contributed by atoms with Crippen molar-refractivity contribution in [3.05, 3.63) is 59.3 Å². The Morgan fingerprint density at radius 1 is 1.24 bits per heavy atom. The second-order valence-corrected chi connectivity index (χ2v) is 8.53. The number of aliphatic hydroxyl groups excluding tert-OH is 1. The minimum atomic E-state index is -0.808. The van der Waals surface area contributed by atoms with Crippen molar-refractivity contribution in [3.8, 4) is 11.5 Å². The number of methoxy groups -OCH3 is 1. The maximum Gasteiger partial charge on any atom is 0.290 e. The van der Waals surface area contributed by atoms with E-state index in [4.69, 9.17) is 18.6 Å². The summed E-state index contributed by atoms with van der Waals surface area (Å²) in [7, 11) is 1.55. The summed E-state index contributed by atoms with van der Waals surface area (Å²) in [4.78, 5) is 27.9. The number of nitrogens with zero attached hydrogens (tertiary/aromatic N) is 1. The van der Waals surface area contributed by atoms with Crippen LogP contribution in [0.1, 0.15) is 61.2 Å². The van der Waals surface area contributed by atoms with Crippen molar-refractivity contribution in [3.63, 3.8) is 0 Å². The first-order valence-corrected chi connectivity index (χ1v) is 11.8. The summed E-state index contributed by atoms with van der Waals surface area (Å²) in [5.74, 6) is -0.563. The van der Waals surface area contributed by atoms with Crippen LogP contribution in [0.2, 0.25) is 0 Å². The second kappa shape index (κ2) is 10.8. The lowest BCUT2D eigenvalue weighted by molar-refractivity contribution is -0.131. The standard InChI is InChI=1S/C26H31NO7/c1-3-4-5-12-33-19-11-10-17(15-21(19)31-2)23-22(24(28)20-9-7-14-34-20)25(29)26(30)27(23)16-18-8-6-13-32-18/h7,9-11,14-15,18,23,29H,3-6,8,12-13,16H2,1-2H3. The summed E-state index contributed by atoms with van der Waals surface area (Å²) in [5, 5.41) is 10.8. The minimum absolute atomic E-state index is 0.0170. The third kappa shape index (κ3) is 4.82. The van der Waals surface area contributed by atoms with Gasteiger partial charge in [-0.05, 0) is 49.1 Å². The molecule has 2 unspecified atom stereocenters. The topological polar surface area (TPSA) is 98.4 Å². The van der Waals surface area contributed by atoms with Gasteiger partial charge in [-0.2, -0.15) is 0 Å². The van der Waals surface area contributed by atoms with Gasteiger partial charge in [-0.15, -0.1) is 0 Å². The molecule has 8 nitrogen and oxygen atoms in total. The number of ether oxygens (including phenoxy) is 3. The minimum Gasteiger partial charge on any atom is -0.503 e. The number of unbranched alkanes of at least 4 members (excludes halogenated alkanes) is 2. The molecule has 1 N–H and O–H groups in total. The van der Waals surface area contributed by atoms with Crippen LogP contribution in [0, 0.1) is 0 Å². The first-order chi connectivity index (χ1) is 16.5. The van der Waals surface area contributed by atoms with E-state index in [1.165, 1.54) is 17.2 Å². The van der Waals surface area contributed by atoms with E-state index >= 15 is 0 Å².